The van der Waals surface area contributed by atoms with E-state index in [0.717, 1.165) is 6.42 Å². The van der Waals surface area contributed by atoms with E-state index in [-0.39, 0.29) is 5.91 Å². The number of carbonyl (C=O) groups is 1. The van der Waals surface area contributed by atoms with Crippen molar-refractivity contribution >= 4 is 5.91 Å². The number of hydrogen-bond acceptors (Lipinski definition) is 2. The van der Waals surface area contributed by atoms with E-state index in [4.69, 9.17) is 4.74 Å². The van der Waals surface area contributed by atoms with Crippen molar-refractivity contribution < 1.29 is 9.53 Å². The van der Waals surface area contributed by atoms with Gasteiger partial charge in [-0.05, 0) is 12.3 Å². The molecule has 3 heteroatoms. The van der Waals surface area contributed by atoms with Crippen molar-refractivity contribution in [2.75, 3.05) is 20.3 Å². The lowest BCUT2D eigenvalue weighted by Crippen LogP contribution is -2.29. The van der Waals surface area contributed by atoms with Gasteiger partial charge in [-0.3, -0.25) is 4.79 Å². The monoisotopic (exact) mass is 173 g/mol. The summed E-state index contributed by atoms with van der Waals surface area (Å²) in [7, 11) is 1.67. The summed E-state index contributed by atoms with van der Waals surface area (Å²) < 4.78 is 4.94. The Kier molecular flexibility index (Phi) is 6.76. The number of nitrogens with one attached hydrogen (secondary N) is 1. The summed E-state index contributed by atoms with van der Waals surface area (Å²) in [5.74, 6) is 0.538. The molecule has 0 spiro atoms. The molecule has 0 aliphatic carbocycles. The molecule has 3 nitrogen and oxygen atoms in total. The maximum absolute atomic E-state index is 11.0. The molecule has 0 aliphatic heterocycles. The van der Waals surface area contributed by atoms with Crippen molar-refractivity contribution in [3.05, 3.63) is 0 Å². The largest absolute Gasteiger partial charge is 0.384 e. The molecule has 0 bridgehead atoms. The zero-order chi connectivity index (χ0) is 9.40. The minimum Gasteiger partial charge on any atom is -0.384 e. The maximum Gasteiger partial charge on any atom is 0.219 e. The fourth-order valence-electron chi connectivity index (χ4n) is 0.947. The van der Waals surface area contributed by atoms with Gasteiger partial charge in [0.1, 0.15) is 0 Å². The molecule has 0 aromatic heterocycles. The molecule has 0 aliphatic rings. The first kappa shape index (κ1) is 11.4. The second kappa shape index (κ2) is 7.10. The van der Waals surface area contributed by atoms with Crippen molar-refractivity contribution in [2.24, 2.45) is 5.92 Å². The summed E-state index contributed by atoms with van der Waals surface area (Å²) in [6, 6.07) is 0. The summed E-state index contributed by atoms with van der Waals surface area (Å²) in [4.78, 5) is 11.0. The highest BCUT2D eigenvalue weighted by molar-refractivity contribution is 5.75. The van der Waals surface area contributed by atoms with Crippen LogP contribution in [0.1, 0.15) is 26.7 Å². The van der Waals surface area contributed by atoms with E-state index in [1.807, 2.05) is 6.92 Å². The summed E-state index contributed by atoms with van der Waals surface area (Å²) in [6.07, 6.45) is 1.53. The van der Waals surface area contributed by atoms with Gasteiger partial charge in [0.05, 0.1) is 6.61 Å². The molecule has 0 fully saturated rings. The van der Waals surface area contributed by atoms with Gasteiger partial charge in [-0.25, -0.2) is 0 Å². The van der Waals surface area contributed by atoms with Crippen LogP contribution in [-0.4, -0.2) is 26.2 Å². The molecular weight excluding hydrogens is 154 g/mol. The second-order valence-electron chi connectivity index (χ2n) is 3.11. The van der Waals surface area contributed by atoms with Crippen LogP contribution in [0.2, 0.25) is 0 Å². The SMILES string of the molecule is CCCC(=O)NCC(C)COC. The molecule has 0 heterocycles. The van der Waals surface area contributed by atoms with Gasteiger partial charge in [-0.1, -0.05) is 13.8 Å². The first-order chi connectivity index (χ1) is 5.70. The third-order valence-electron chi connectivity index (χ3n) is 1.58. The molecule has 1 amide bonds. The van der Waals surface area contributed by atoms with Crippen LogP contribution >= 0.6 is 0 Å². The Hall–Kier alpha value is -0.570. The first-order valence-corrected chi connectivity index (χ1v) is 4.46. The van der Waals surface area contributed by atoms with Crippen LogP contribution in [0.25, 0.3) is 0 Å². The van der Waals surface area contributed by atoms with E-state index in [1.165, 1.54) is 0 Å². The Morgan fingerprint density at radius 1 is 1.58 bits per heavy atom. The Labute approximate surface area is 74.5 Å². The lowest BCUT2D eigenvalue weighted by Gasteiger charge is -2.10. The normalized spacial score (nSPS) is 12.6. The van der Waals surface area contributed by atoms with Crippen molar-refractivity contribution in [1.29, 1.82) is 0 Å². The molecule has 0 saturated heterocycles. The van der Waals surface area contributed by atoms with E-state index in [0.29, 0.717) is 25.5 Å². The summed E-state index contributed by atoms with van der Waals surface area (Å²) in [5, 5.41) is 2.85. The number of rotatable bonds is 6. The Balaban J connectivity index is 3.33. The summed E-state index contributed by atoms with van der Waals surface area (Å²) in [6.45, 7) is 5.47. The Bertz CT molecular complexity index is 126. The Morgan fingerprint density at radius 2 is 2.25 bits per heavy atom. The zero-order valence-corrected chi connectivity index (χ0v) is 8.22. The third kappa shape index (κ3) is 6.16. The molecule has 1 N–H and O–H groups in total. The fourth-order valence-corrected chi connectivity index (χ4v) is 0.947. The van der Waals surface area contributed by atoms with Crippen LogP contribution in [0.5, 0.6) is 0 Å². The van der Waals surface area contributed by atoms with Gasteiger partial charge >= 0.3 is 0 Å². The fraction of sp³-hybridized carbons (Fsp3) is 0.889. The van der Waals surface area contributed by atoms with Crippen molar-refractivity contribution in [2.45, 2.75) is 26.7 Å². The third-order valence-corrected chi connectivity index (χ3v) is 1.58. The molecular formula is C9H19NO2. The molecule has 72 valence electrons. The smallest absolute Gasteiger partial charge is 0.219 e. The van der Waals surface area contributed by atoms with Crippen LogP contribution in [0.15, 0.2) is 0 Å². The van der Waals surface area contributed by atoms with Gasteiger partial charge in [0.15, 0.2) is 0 Å². The van der Waals surface area contributed by atoms with Crippen molar-refractivity contribution in [3.8, 4) is 0 Å². The summed E-state index contributed by atoms with van der Waals surface area (Å²) in [5.41, 5.74) is 0. The number of amides is 1. The summed E-state index contributed by atoms with van der Waals surface area (Å²) >= 11 is 0. The van der Waals surface area contributed by atoms with Crippen LogP contribution in [-0.2, 0) is 9.53 Å². The lowest BCUT2D eigenvalue weighted by molar-refractivity contribution is -0.121. The number of hydrogen-bond donors (Lipinski definition) is 1. The molecule has 0 radical (unpaired) electrons. The lowest BCUT2D eigenvalue weighted by atomic mass is 10.2. The van der Waals surface area contributed by atoms with Crippen molar-refractivity contribution in [3.63, 3.8) is 0 Å². The van der Waals surface area contributed by atoms with E-state index >= 15 is 0 Å². The minimum absolute atomic E-state index is 0.139. The van der Waals surface area contributed by atoms with E-state index in [2.05, 4.69) is 12.2 Å². The maximum atomic E-state index is 11.0. The molecule has 0 aromatic rings. The predicted octanol–water partition coefficient (Wildman–Crippen LogP) is 1.19. The molecule has 1 atom stereocenters. The van der Waals surface area contributed by atoms with Crippen LogP contribution in [0, 0.1) is 5.92 Å². The molecule has 12 heavy (non-hydrogen) atoms. The van der Waals surface area contributed by atoms with E-state index in [1.54, 1.807) is 7.11 Å². The molecule has 1 unspecified atom stereocenters. The highest BCUT2D eigenvalue weighted by atomic mass is 16.5. The Morgan fingerprint density at radius 3 is 2.75 bits per heavy atom. The van der Waals surface area contributed by atoms with Crippen LogP contribution in [0.3, 0.4) is 0 Å². The predicted molar refractivity (Wildman–Crippen MR) is 49.0 cm³/mol. The second-order valence-corrected chi connectivity index (χ2v) is 3.11. The number of methoxy groups -OCH3 is 1. The van der Waals surface area contributed by atoms with Gasteiger partial charge in [0.2, 0.25) is 5.91 Å². The first-order valence-electron chi connectivity index (χ1n) is 4.46. The number of ether oxygens (including phenoxy) is 1. The molecule has 0 saturated carbocycles. The van der Waals surface area contributed by atoms with Crippen LogP contribution in [0.4, 0.5) is 0 Å². The van der Waals surface area contributed by atoms with Crippen molar-refractivity contribution in [1.82, 2.24) is 5.32 Å². The van der Waals surface area contributed by atoms with Gasteiger partial charge < -0.3 is 10.1 Å². The average molecular weight is 173 g/mol. The zero-order valence-electron chi connectivity index (χ0n) is 8.22. The van der Waals surface area contributed by atoms with Gasteiger partial charge in [-0.2, -0.15) is 0 Å². The van der Waals surface area contributed by atoms with E-state index < -0.39 is 0 Å². The van der Waals surface area contributed by atoms with Gasteiger partial charge in [0.25, 0.3) is 0 Å². The highest BCUT2D eigenvalue weighted by Crippen LogP contribution is 1.93. The van der Waals surface area contributed by atoms with Crippen LogP contribution < -0.4 is 5.32 Å². The van der Waals surface area contributed by atoms with E-state index in [9.17, 15) is 4.79 Å². The quantitative estimate of drug-likeness (QED) is 0.655. The van der Waals surface area contributed by atoms with Gasteiger partial charge in [0, 0.05) is 20.1 Å². The average Bonchev–Trinajstić information content (AvgIpc) is 2.02. The number of carbonyl (C=O) groups excluding carboxylic acids is 1. The molecule has 0 rings (SSSR count). The standard InChI is InChI=1S/C9H19NO2/c1-4-5-9(11)10-6-8(2)7-12-3/h8H,4-7H2,1-3H3,(H,10,11). The molecule has 0 aromatic carbocycles. The highest BCUT2D eigenvalue weighted by Gasteiger charge is 2.03. The topological polar surface area (TPSA) is 38.3 Å². The minimum atomic E-state index is 0.139. The van der Waals surface area contributed by atoms with Gasteiger partial charge in [-0.15, -0.1) is 0 Å².